The highest BCUT2D eigenvalue weighted by Crippen LogP contribution is 2.20. The van der Waals surface area contributed by atoms with Crippen LogP contribution in [0, 0.1) is 0 Å². The van der Waals surface area contributed by atoms with Gasteiger partial charge >= 0.3 is 12.2 Å². The van der Waals surface area contributed by atoms with Crippen molar-refractivity contribution >= 4 is 39.4 Å². The molecule has 3 aromatic rings. The number of para-hydroxylation sites is 2. The lowest BCUT2D eigenvalue weighted by Gasteiger charge is -2.18. The van der Waals surface area contributed by atoms with E-state index >= 15 is 0 Å². The van der Waals surface area contributed by atoms with Crippen molar-refractivity contribution in [1.82, 2.24) is 5.43 Å². The Morgan fingerprint density at radius 3 is 2.04 bits per heavy atom. The lowest BCUT2D eigenvalue weighted by molar-refractivity contribution is -0.140. The summed E-state index contributed by atoms with van der Waals surface area (Å²) in [6.07, 6.45) is 0.391. The molecule has 0 radical (unpaired) electrons. The fourth-order valence-corrected chi connectivity index (χ4v) is 3.28. The van der Waals surface area contributed by atoms with Crippen LogP contribution in [0.3, 0.4) is 0 Å². The average molecular weight is 431 g/mol. The first-order valence-corrected chi connectivity index (χ1v) is 9.33. The van der Waals surface area contributed by atoms with Gasteiger partial charge in [0.25, 0.3) is 0 Å². The van der Waals surface area contributed by atoms with Gasteiger partial charge in [0.05, 0.1) is 10.0 Å². The molecule has 26 heavy (non-hydrogen) atoms. The topological polar surface area (TPSA) is 59.9 Å². The van der Waals surface area contributed by atoms with Gasteiger partial charge < -0.3 is 9.47 Å². The van der Waals surface area contributed by atoms with E-state index in [1.807, 2.05) is 48.5 Å². The van der Waals surface area contributed by atoms with Crippen molar-refractivity contribution in [2.75, 3.05) is 0 Å². The number of nitrogens with one attached hydrogen (secondary N) is 1. The predicted octanol–water partition coefficient (Wildman–Crippen LogP) is 4.44. The normalized spacial score (nSPS) is 10.8. The largest absolute Gasteiger partial charge is 0.446 e. The van der Waals surface area contributed by atoms with Gasteiger partial charge in [-0.25, -0.2) is 5.43 Å². The number of hydrazone groups is 1. The Morgan fingerprint density at radius 1 is 0.962 bits per heavy atom. The predicted molar refractivity (Wildman–Crippen MR) is 106 cm³/mol. The Morgan fingerprint density at radius 2 is 1.54 bits per heavy atom. The second kappa shape index (κ2) is 9.17. The van der Waals surface area contributed by atoms with Crippen LogP contribution >= 0.6 is 27.3 Å². The third-order valence-corrected chi connectivity index (χ3v) is 4.71. The number of thiophene rings is 1. The molecule has 132 valence electrons. The van der Waals surface area contributed by atoms with Crippen molar-refractivity contribution < 1.29 is 14.3 Å². The summed E-state index contributed by atoms with van der Waals surface area (Å²) in [7, 11) is 0. The average Bonchev–Trinajstić information content (AvgIpc) is 3.08. The van der Waals surface area contributed by atoms with Crippen molar-refractivity contribution in [2.24, 2.45) is 5.10 Å². The second-order valence-corrected chi connectivity index (χ2v) is 7.56. The van der Waals surface area contributed by atoms with Crippen LogP contribution in [0.1, 0.15) is 4.88 Å². The van der Waals surface area contributed by atoms with Crippen LogP contribution < -0.4 is 14.9 Å². The van der Waals surface area contributed by atoms with Gasteiger partial charge in [0, 0.05) is 4.88 Å². The summed E-state index contributed by atoms with van der Waals surface area (Å²) in [5.41, 5.74) is 2.45. The highest BCUT2D eigenvalue weighted by atomic mass is 79.9. The van der Waals surface area contributed by atoms with E-state index in [9.17, 15) is 4.79 Å². The van der Waals surface area contributed by atoms with E-state index in [0.29, 0.717) is 11.5 Å². The fraction of sp³-hybridized carbons (Fsp3) is 0.0526. The molecule has 7 heteroatoms. The molecule has 0 saturated heterocycles. The van der Waals surface area contributed by atoms with Crippen molar-refractivity contribution in [3.05, 3.63) is 81.5 Å². The molecule has 0 aliphatic rings. The zero-order chi connectivity index (χ0) is 18.2. The molecule has 0 aliphatic heterocycles. The van der Waals surface area contributed by atoms with Gasteiger partial charge in [-0.3, -0.25) is 4.79 Å². The van der Waals surface area contributed by atoms with Crippen molar-refractivity contribution in [1.29, 1.82) is 0 Å². The van der Waals surface area contributed by atoms with E-state index < -0.39 is 12.2 Å². The summed E-state index contributed by atoms with van der Waals surface area (Å²) >= 11 is 4.89. The van der Waals surface area contributed by atoms with E-state index in [4.69, 9.17) is 9.47 Å². The number of hydrogen-bond donors (Lipinski definition) is 1. The SMILES string of the molecule is O=C(NN=Cc1ccc(Br)s1)C(Oc1ccccc1)Oc1ccccc1. The minimum Gasteiger partial charge on any atom is -0.446 e. The van der Waals surface area contributed by atoms with E-state index in [1.54, 1.807) is 30.5 Å². The number of benzene rings is 2. The van der Waals surface area contributed by atoms with Gasteiger partial charge in [0.1, 0.15) is 11.5 Å². The number of amides is 1. The number of halogens is 1. The van der Waals surface area contributed by atoms with Crippen LogP contribution in [0.4, 0.5) is 0 Å². The maximum absolute atomic E-state index is 12.5. The second-order valence-electron chi connectivity index (χ2n) is 5.07. The molecule has 2 aromatic carbocycles. The van der Waals surface area contributed by atoms with Crippen molar-refractivity contribution in [3.8, 4) is 11.5 Å². The first kappa shape index (κ1) is 18.2. The number of hydrogen-bond acceptors (Lipinski definition) is 5. The van der Waals surface area contributed by atoms with Crippen LogP contribution in [0.15, 0.2) is 81.7 Å². The summed E-state index contributed by atoms with van der Waals surface area (Å²) in [6.45, 7) is 0. The Hall–Kier alpha value is -2.64. The number of carbonyl (C=O) groups excluding carboxylic acids is 1. The summed E-state index contributed by atoms with van der Waals surface area (Å²) in [6, 6.07) is 21.8. The molecule has 0 bridgehead atoms. The van der Waals surface area contributed by atoms with Crippen molar-refractivity contribution in [3.63, 3.8) is 0 Å². The number of carbonyl (C=O) groups is 1. The van der Waals surface area contributed by atoms with Crippen molar-refractivity contribution in [2.45, 2.75) is 6.29 Å². The molecule has 1 N–H and O–H groups in total. The van der Waals surface area contributed by atoms with E-state index in [-0.39, 0.29) is 0 Å². The molecule has 5 nitrogen and oxygen atoms in total. The molecule has 0 fully saturated rings. The zero-order valence-electron chi connectivity index (χ0n) is 13.5. The summed E-state index contributed by atoms with van der Waals surface area (Å²) < 4.78 is 12.3. The Kier molecular flexibility index (Phi) is 6.40. The van der Waals surface area contributed by atoms with E-state index in [0.717, 1.165) is 8.66 Å². The molecule has 0 saturated carbocycles. The summed E-state index contributed by atoms with van der Waals surface area (Å²) in [5, 5.41) is 3.96. The minimum atomic E-state index is -1.17. The van der Waals surface area contributed by atoms with E-state index in [1.165, 1.54) is 11.3 Å². The lowest BCUT2D eigenvalue weighted by atomic mass is 10.3. The maximum atomic E-state index is 12.5. The van der Waals surface area contributed by atoms with Gasteiger partial charge in [-0.1, -0.05) is 36.4 Å². The Bertz CT molecular complexity index is 827. The first-order chi connectivity index (χ1) is 12.7. The molecule has 0 unspecified atom stereocenters. The van der Waals surface area contributed by atoms with Gasteiger partial charge in [0.2, 0.25) is 0 Å². The summed E-state index contributed by atoms with van der Waals surface area (Å²) in [4.78, 5) is 13.4. The van der Waals surface area contributed by atoms with Crippen LogP contribution in [0.2, 0.25) is 0 Å². The molecular formula is C19H15BrN2O3S. The highest BCUT2D eigenvalue weighted by molar-refractivity contribution is 9.11. The van der Waals surface area contributed by atoms with Gasteiger partial charge in [0.15, 0.2) is 0 Å². The third kappa shape index (κ3) is 5.44. The fourth-order valence-electron chi connectivity index (χ4n) is 1.99. The van der Waals surface area contributed by atoms with Crippen LogP contribution in [0.5, 0.6) is 11.5 Å². The van der Waals surface area contributed by atoms with Crippen LogP contribution in [0.25, 0.3) is 0 Å². The molecule has 1 aromatic heterocycles. The summed E-state index contributed by atoms with van der Waals surface area (Å²) in [5.74, 6) is 0.536. The van der Waals surface area contributed by atoms with Gasteiger partial charge in [-0.15, -0.1) is 11.3 Å². The van der Waals surface area contributed by atoms with Crippen LogP contribution in [-0.2, 0) is 4.79 Å². The first-order valence-electron chi connectivity index (χ1n) is 7.72. The maximum Gasteiger partial charge on any atom is 0.323 e. The van der Waals surface area contributed by atoms with Gasteiger partial charge in [-0.2, -0.15) is 5.10 Å². The molecule has 0 aliphatic carbocycles. The molecule has 1 amide bonds. The quantitative estimate of drug-likeness (QED) is 0.342. The minimum absolute atomic E-state index is 0.510. The number of rotatable bonds is 7. The monoisotopic (exact) mass is 430 g/mol. The number of ether oxygens (including phenoxy) is 2. The smallest absolute Gasteiger partial charge is 0.323 e. The molecule has 1 heterocycles. The molecule has 3 rings (SSSR count). The third-order valence-electron chi connectivity index (χ3n) is 3.15. The molecule has 0 spiro atoms. The number of nitrogens with zero attached hydrogens (tertiary/aromatic N) is 1. The van der Waals surface area contributed by atoms with Crippen LogP contribution in [-0.4, -0.2) is 18.4 Å². The highest BCUT2D eigenvalue weighted by Gasteiger charge is 2.22. The Balaban J connectivity index is 1.68. The lowest BCUT2D eigenvalue weighted by Crippen LogP contribution is -2.40. The van der Waals surface area contributed by atoms with E-state index in [2.05, 4.69) is 26.5 Å². The van der Waals surface area contributed by atoms with Gasteiger partial charge in [-0.05, 0) is 52.3 Å². The zero-order valence-corrected chi connectivity index (χ0v) is 15.9. The Labute approximate surface area is 163 Å². The molecule has 0 atom stereocenters. The standard InChI is InChI=1S/C19H15BrN2O3S/c20-17-12-11-16(26-17)13-21-22-18(23)19(24-14-7-3-1-4-8-14)25-15-9-5-2-6-10-15/h1-13,19H,(H,22,23). The molecular weight excluding hydrogens is 416 g/mol.